The zero-order valence-corrected chi connectivity index (χ0v) is 30.7. The van der Waals surface area contributed by atoms with E-state index in [4.69, 9.17) is 39.5 Å². The van der Waals surface area contributed by atoms with Crippen molar-refractivity contribution in [2.45, 2.75) is 89.1 Å². The van der Waals surface area contributed by atoms with Gasteiger partial charge in [0, 0.05) is 65.4 Å². The number of nitriles is 1. The van der Waals surface area contributed by atoms with Crippen LogP contribution in [0.15, 0.2) is 30.3 Å². The van der Waals surface area contributed by atoms with Crippen LogP contribution in [0.5, 0.6) is 0 Å². The monoisotopic (exact) mass is 751 g/mol. The van der Waals surface area contributed by atoms with Crippen molar-refractivity contribution in [2.75, 3.05) is 13.1 Å². The fourth-order valence-corrected chi connectivity index (χ4v) is 9.10. The van der Waals surface area contributed by atoms with Crippen LogP contribution in [-0.2, 0) is 16.0 Å². The van der Waals surface area contributed by atoms with E-state index >= 15 is 4.39 Å². The van der Waals surface area contributed by atoms with Gasteiger partial charge in [-0.3, -0.25) is 4.79 Å². The predicted octanol–water partition coefficient (Wildman–Crippen LogP) is 8.64. The number of nitrogens with zero attached hydrogens (tertiary/aromatic N) is 5. The van der Waals surface area contributed by atoms with E-state index < -0.39 is 29.7 Å². The van der Waals surface area contributed by atoms with Crippen molar-refractivity contribution in [3.8, 4) is 17.2 Å². The molecule has 13 heteroatoms. The predicted molar refractivity (Wildman–Crippen MR) is 193 cm³/mol. The van der Waals surface area contributed by atoms with Crippen LogP contribution in [0.4, 0.5) is 9.18 Å². The fraction of sp³-hybridized carbons (Fsp3) is 0.474. The summed E-state index contributed by atoms with van der Waals surface area (Å²) in [7, 11) is 0. The molecule has 9 rings (SSSR count). The van der Waals surface area contributed by atoms with Crippen LogP contribution >= 0.6 is 34.8 Å². The van der Waals surface area contributed by atoms with Gasteiger partial charge in [0.05, 0.1) is 45.9 Å². The van der Waals surface area contributed by atoms with E-state index in [2.05, 4.69) is 15.6 Å². The van der Waals surface area contributed by atoms with Gasteiger partial charge in [-0.1, -0.05) is 46.9 Å². The SMILES string of the molecule is CC(C)(C)OC(=O)N1C[C@H]2C[C@@H]1[C@H]2n1c([C@H]2C[C@H](O)CN2C(=O)C2CC2)cc2c(Cl)nc3c(F)c(-c4cccc(Cl)c4Cl)c(CCC#N)cc3c21. The largest absolute Gasteiger partial charge is 0.444 e. The average molecular weight is 753 g/mol. The van der Waals surface area contributed by atoms with Gasteiger partial charge in [-0.25, -0.2) is 14.2 Å². The molecular weight excluding hydrogens is 716 g/mol. The second-order valence-corrected chi connectivity index (χ2v) is 16.5. The number of aliphatic hydroxyl groups excluding tert-OH is 1. The molecule has 2 amide bonds. The molecule has 0 radical (unpaired) electrons. The number of hydrogen-bond donors (Lipinski definition) is 1. The Hall–Kier alpha value is -3.62. The molecule has 266 valence electrons. The lowest BCUT2D eigenvalue weighted by atomic mass is 9.79. The first-order chi connectivity index (χ1) is 24.3. The molecule has 9 nitrogen and oxygen atoms in total. The number of ether oxygens (including phenoxy) is 1. The molecule has 51 heavy (non-hydrogen) atoms. The highest BCUT2D eigenvalue weighted by atomic mass is 35.5. The number of rotatable bonds is 6. The lowest BCUT2D eigenvalue weighted by Crippen LogP contribution is -2.45. The Labute approximate surface area is 309 Å². The van der Waals surface area contributed by atoms with Crippen LogP contribution in [-0.4, -0.2) is 67.3 Å². The van der Waals surface area contributed by atoms with Gasteiger partial charge in [0.2, 0.25) is 5.91 Å². The summed E-state index contributed by atoms with van der Waals surface area (Å²) < 4.78 is 25.1. The molecule has 1 N–H and O–H groups in total. The number of carbonyl (C=O) groups excluding carboxylic acids is 2. The summed E-state index contributed by atoms with van der Waals surface area (Å²) >= 11 is 20.0. The number of benzene rings is 2. The fourth-order valence-electron chi connectivity index (χ4n) is 8.48. The maximum atomic E-state index is 17.1. The van der Waals surface area contributed by atoms with E-state index in [9.17, 15) is 20.0 Å². The zero-order valence-electron chi connectivity index (χ0n) is 28.4. The Morgan fingerprint density at radius 3 is 2.57 bits per heavy atom. The first-order valence-corrected chi connectivity index (χ1v) is 18.6. The van der Waals surface area contributed by atoms with Gasteiger partial charge in [-0.2, -0.15) is 5.26 Å². The van der Waals surface area contributed by atoms with E-state index in [1.165, 1.54) is 0 Å². The third kappa shape index (κ3) is 5.72. The summed E-state index contributed by atoms with van der Waals surface area (Å²) in [5.74, 6) is -0.623. The minimum Gasteiger partial charge on any atom is -0.444 e. The van der Waals surface area contributed by atoms with Gasteiger partial charge in [0.1, 0.15) is 16.3 Å². The Kier molecular flexibility index (Phi) is 8.45. The zero-order chi connectivity index (χ0) is 36.1. The molecule has 3 aliphatic heterocycles. The minimum absolute atomic E-state index is 0.0160. The number of aliphatic hydroxyl groups is 1. The Bertz CT molecular complexity index is 2170. The highest BCUT2D eigenvalue weighted by molar-refractivity contribution is 6.43. The molecule has 2 saturated carbocycles. The molecule has 0 unspecified atom stereocenters. The first-order valence-electron chi connectivity index (χ1n) is 17.4. The van der Waals surface area contributed by atoms with Crippen molar-refractivity contribution in [1.29, 1.82) is 5.26 Å². The van der Waals surface area contributed by atoms with Crippen LogP contribution in [0.1, 0.15) is 76.2 Å². The number of amides is 2. The summed E-state index contributed by atoms with van der Waals surface area (Å²) in [5.41, 5.74) is 1.88. The lowest BCUT2D eigenvalue weighted by Gasteiger charge is -2.40. The van der Waals surface area contributed by atoms with E-state index in [0.717, 1.165) is 25.0 Å². The minimum atomic E-state index is -0.717. The molecule has 2 bridgehead atoms. The number of aromatic nitrogens is 2. The van der Waals surface area contributed by atoms with Gasteiger partial charge in [0.15, 0.2) is 5.82 Å². The molecular formula is C38H37Cl3FN5O4. The molecule has 4 aromatic rings. The van der Waals surface area contributed by atoms with E-state index in [1.54, 1.807) is 28.0 Å². The highest BCUT2D eigenvalue weighted by Gasteiger charge is 2.57. The molecule has 2 aromatic carbocycles. The summed E-state index contributed by atoms with van der Waals surface area (Å²) in [5, 5.41) is 22.1. The van der Waals surface area contributed by atoms with Crippen LogP contribution < -0.4 is 0 Å². The van der Waals surface area contributed by atoms with Gasteiger partial charge in [-0.15, -0.1) is 0 Å². The lowest BCUT2D eigenvalue weighted by molar-refractivity contribution is -0.133. The van der Waals surface area contributed by atoms with Crippen molar-refractivity contribution < 1.29 is 23.8 Å². The van der Waals surface area contributed by atoms with Crippen molar-refractivity contribution in [2.24, 2.45) is 11.8 Å². The topological polar surface area (TPSA) is 112 Å². The maximum Gasteiger partial charge on any atom is 0.410 e. The van der Waals surface area contributed by atoms with Crippen LogP contribution in [0.25, 0.3) is 32.9 Å². The van der Waals surface area contributed by atoms with Crippen LogP contribution in [0.2, 0.25) is 15.2 Å². The second-order valence-electron chi connectivity index (χ2n) is 15.3. The van der Waals surface area contributed by atoms with Crippen molar-refractivity contribution >= 4 is 68.6 Å². The Morgan fingerprint density at radius 1 is 1.10 bits per heavy atom. The highest BCUT2D eigenvalue weighted by Crippen LogP contribution is 2.54. The summed E-state index contributed by atoms with van der Waals surface area (Å²) in [4.78, 5) is 35.2. The van der Waals surface area contributed by atoms with Gasteiger partial charge >= 0.3 is 6.09 Å². The number of fused-ring (bicyclic) bond motifs is 4. The molecule has 5 aliphatic rings. The smallest absolute Gasteiger partial charge is 0.410 e. The number of β-amino-alcohol motifs (C(OH)–C–C–N with tert-alkyl or cyclic N) is 1. The van der Waals surface area contributed by atoms with Gasteiger partial charge < -0.3 is 24.2 Å². The average Bonchev–Trinajstić information content (AvgIpc) is 3.36. The molecule has 5 heterocycles. The third-order valence-corrected chi connectivity index (χ3v) is 11.9. The normalized spacial score (nSPS) is 24.3. The maximum absolute atomic E-state index is 17.1. The number of aryl methyl sites for hydroxylation is 1. The van der Waals surface area contributed by atoms with Crippen LogP contribution in [0.3, 0.4) is 0 Å². The van der Waals surface area contributed by atoms with E-state index in [-0.39, 0.29) is 75.5 Å². The summed E-state index contributed by atoms with van der Waals surface area (Å²) in [6.07, 6.45) is 1.99. The first kappa shape index (κ1) is 34.5. The Morgan fingerprint density at radius 2 is 1.86 bits per heavy atom. The molecule has 5 atom stereocenters. The number of hydrogen-bond acceptors (Lipinski definition) is 6. The van der Waals surface area contributed by atoms with Gasteiger partial charge in [-0.05, 0) is 70.2 Å². The molecule has 3 saturated heterocycles. The molecule has 2 aromatic heterocycles. The number of halogens is 4. The quantitative estimate of drug-likeness (QED) is 0.198. The van der Waals surface area contributed by atoms with Crippen molar-refractivity contribution in [1.82, 2.24) is 19.4 Å². The third-order valence-electron chi connectivity index (χ3n) is 10.8. The van der Waals surface area contributed by atoms with Crippen molar-refractivity contribution in [3.63, 3.8) is 0 Å². The number of carbonyl (C=O) groups is 2. The number of pyridine rings is 1. The van der Waals surface area contributed by atoms with Crippen LogP contribution in [0, 0.1) is 29.0 Å². The molecule has 5 fully saturated rings. The van der Waals surface area contributed by atoms with Gasteiger partial charge in [0.25, 0.3) is 0 Å². The summed E-state index contributed by atoms with van der Waals surface area (Å²) in [6.45, 7) is 6.20. The van der Waals surface area contributed by atoms with E-state index in [0.29, 0.717) is 40.4 Å². The van der Waals surface area contributed by atoms with E-state index in [1.807, 2.05) is 32.9 Å². The second kappa shape index (κ2) is 12.5. The standard InChI is InChI=1S/C38H37Cl3FN5O4/c1-38(2,3)51-37(50)46-16-20-13-28(46)33(20)47-27(26-14-21(48)17-45(26)36(49)18-9-10-18)15-24-34(47)23-12-19(6-5-11-43)29(31(42)32(23)44-35(24)41)22-7-4-8-25(39)30(22)40/h4,7-8,12,15,18,20-21,26,28,33,48H,5-6,9-10,13-14,16-17H2,1-3H3/t20-,21+,26-,28-,33+/m1/s1. The molecule has 2 aliphatic carbocycles. The Balaban J connectivity index is 1.38. The molecule has 0 spiro atoms. The van der Waals surface area contributed by atoms with Crippen molar-refractivity contribution in [3.05, 3.63) is 62.6 Å². The number of likely N-dealkylation sites (tertiary alicyclic amines) is 1. The summed E-state index contributed by atoms with van der Waals surface area (Å²) in [6, 6.07) is 10.0.